The fraction of sp³-hybridized carbons (Fsp3) is 0.462. The van der Waals surface area contributed by atoms with Crippen molar-refractivity contribution in [1.29, 1.82) is 0 Å². The van der Waals surface area contributed by atoms with Crippen LogP contribution < -0.4 is 10.6 Å². The number of carbonyl (C=O) groups is 1. The number of amides is 1. The molecule has 0 fully saturated rings. The first-order valence-corrected chi connectivity index (χ1v) is 7.04. The fourth-order valence-electron chi connectivity index (χ4n) is 1.33. The summed E-state index contributed by atoms with van der Waals surface area (Å²) < 4.78 is -1.64. The Hall–Kier alpha value is -0.640. The topological polar surface area (TPSA) is 41.1 Å². The van der Waals surface area contributed by atoms with Gasteiger partial charge in [0, 0.05) is 11.6 Å². The second-order valence-electron chi connectivity index (χ2n) is 4.65. The Bertz CT molecular complexity index is 427. The number of halogens is 3. The molecule has 0 heterocycles. The average molecular weight is 324 g/mol. The van der Waals surface area contributed by atoms with Crippen LogP contribution in [0, 0.1) is 12.8 Å². The van der Waals surface area contributed by atoms with Crippen molar-refractivity contribution in [2.45, 2.75) is 30.7 Å². The van der Waals surface area contributed by atoms with E-state index in [2.05, 4.69) is 10.6 Å². The van der Waals surface area contributed by atoms with Gasteiger partial charge in [-0.15, -0.1) is 0 Å². The molecule has 1 aromatic carbocycles. The predicted molar refractivity (Wildman–Crippen MR) is 81.9 cm³/mol. The molecule has 6 heteroatoms. The second kappa shape index (κ2) is 6.69. The average Bonchev–Trinajstić information content (AvgIpc) is 2.29. The maximum absolute atomic E-state index is 11.7. The van der Waals surface area contributed by atoms with E-state index in [1.807, 2.05) is 31.2 Å². The van der Waals surface area contributed by atoms with Gasteiger partial charge in [0.05, 0.1) is 0 Å². The molecule has 0 spiro atoms. The maximum atomic E-state index is 11.7. The van der Waals surface area contributed by atoms with Crippen LogP contribution in [0.1, 0.15) is 19.4 Å². The van der Waals surface area contributed by atoms with Gasteiger partial charge in [-0.2, -0.15) is 0 Å². The molecule has 19 heavy (non-hydrogen) atoms. The molecule has 0 aliphatic rings. The summed E-state index contributed by atoms with van der Waals surface area (Å²) in [7, 11) is 0. The van der Waals surface area contributed by atoms with Gasteiger partial charge in [0.1, 0.15) is 6.17 Å². The van der Waals surface area contributed by atoms with Crippen molar-refractivity contribution in [3.63, 3.8) is 0 Å². The van der Waals surface area contributed by atoms with E-state index in [4.69, 9.17) is 34.8 Å². The van der Waals surface area contributed by atoms with Crippen LogP contribution in [0.25, 0.3) is 0 Å². The lowest BCUT2D eigenvalue weighted by molar-refractivity contribution is -0.124. The van der Waals surface area contributed by atoms with Crippen LogP contribution in [0.2, 0.25) is 0 Å². The van der Waals surface area contributed by atoms with Crippen LogP contribution in [-0.2, 0) is 4.79 Å². The van der Waals surface area contributed by atoms with Crippen LogP contribution in [0.4, 0.5) is 5.69 Å². The minimum absolute atomic E-state index is 0.184. The highest BCUT2D eigenvalue weighted by Crippen LogP contribution is 2.31. The van der Waals surface area contributed by atoms with Gasteiger partial charge in [-0.25, -0.2) is 0 Å². The largest absolute Gasteiger partial charge is 0.362 e. The lowest BCUT2D eigenvalue weighted by atomic mass is 10.2. The highest BCUT2D eigenvalue weighted by Gasteiger charge is 2.34. The lowest BCUT2D eigenvalue weighted by Crippen LogP contribution is -2.50. The Kier molecular flexibility index (Phi) is 5.78. The minimum Gasteiger partial charge on any atom is -0.362 e. The summed E-state index contributed by atoms with van der Waals surface area (Å²) in [6.07, 6.45) is -0.796. The summed E-state index contributed by atoms with van der Waals surface area (Å²) in [4.78, 5) is 11.7. The van der Waals surface area contributed by atoms with E-state index in [9.17, 15) is 4.79 Å². The van der Waals surface area contributed by atoms with Gasteiger partial charge in [0.25, 0.3) is 0 Å². The minimum atomic E-state index is -1.64. The quantitative estimate of drug-likeness (QED) is 0.652. The molecule has 0 aliphatic carbocycles. The standard InChI is InChI=1S/C13H17Cl3N2O/c1-8(2)11(19)18-12(13(14,15)16)17-10-6-4-9(3)5-7-10/h4-8,12,17H,1-3H3,(H,18,19)/t12-/m0/s1. The molecular formula is C13H17Cl3N2O. The van der Waals surface area contributed by atoms with E-state index < -0.39 is 9.96 Å². The SMILES string of the molecule is Cc1ccc(N[C@@H](NC(=O)C(C)C)C(Cl)(Cl)Cl)cc1. The highest BCUT2D eigenvalue weighted by molar-refractivity contribution is 6.68. The predicted octanol–water partition coefficient (Wildman–Crippen LogP) is 3.88. The number of alkyl halides is 3. The molecule has 0 aromatic heterocycles. The van der Waals surface area contributed by atoms with Crippen molar-refractivity contribution in [1.82, 2.24) is 5.32 Å². The molecule has 0 unspecified atom stereocenters. The van der Waals surface area contributed by atoms with Gasteiger partial charge in [0.15, 0.2) is 0 Å². The number of hydrogen-bond donors (Lipinski definition) is 2. The first-order valence-electron chi connectivity index (χ1n) is 5.90. The normalized spacial score (nSPS) is 13.2. The molecule has 0 radical (unpaired) electrons. The number of anilines is 1. The Labute approximate surface area is 128 Å². The summed E-state index contributed by atoms with van der Waals surface area (Å²) in [6.45, 7) is 5.53. The molecule has 1 aromatic rings. The number of hydrogen-bond acceptors (Lipinski definition) is 2. The van der Waals surface area contributed by atoms with Crippen LogP contribution >= 0.6 is 34.8 Å². The molecule has 1 amide bonds. The van der Waals surface area contributed by atoms with Gasteiger partial charge < -0.3 is 10.6 Å². The van der Waals surface area contributed by atoms with Gasteiger partial charge in [0.2, 0.25) is 9.70 Å². The maximum Gasteiger partial charge on any atom is 0.228 e. The molecule has 0 aliphatic heterocycles. The zero-order chi connectivity index (χ0) is 14.6. The zero-order valence-electron chi connectivity index (χ0n) is 11.0. The third-order valence-corrected chi connectivity index (χ3v) is 3.16. The number of rotatable bonds is 4. The number of aryl methyl sites for hydroxylation is 1. The summed E-state index contributed by atoms with van der Waals surface area (Å²) >= 11 is 17.6. The Morgan fingerprint density at radius 3 is 2.11 bits per heavy atom. The summed E-state index contributed by atoms with van der Waals surface area (Å²) in [5.74, 6) is -0.370. The van der Waals surface area contributed by atoms with Crippen LogP contribution in [0.3, 0.4) is 0 Å². The lowest BCUT2D eigenvalue weighted by Gasteiger charge is -2.28. The van der Waals surface area contributed by atoms with Crippen LogP contribution in [-0.4, -0.2) is 15.9 Å². The Morgan fingerprint density at radius 2 is 1.68 bits per heavy atom. The van der Waals surface area contributed by atoms with Gasteiger partial charge in [-0.05, 0) is 19.1 Å². The summed E-state index contributed by atoms with van der Waals surface area (Å²) in [6, 6.07) is 7.59. The Balaban J connectivity index is 2.81. The van der Waals surface area contributed by atoms with E-state index in [1.165, 1.54) is 0 Å². The van der Waals surface area contributed by atoms with Crippen molar-refractivity contribution < 1.29 is 4.79 Å². The molecule has 3 nitrogen and oxygen atoms in total. The Morgan fingerprint density at radius 1 is 1.16 bits per heavy atom. The van der Waals surface area contributed by atoms with E-state index >= 15 is 0 Å². The van der Waals surface area contributed by atoms with E-state index in [-0.39, 0.29) is 11.8 Å². The van der Waals surface area contributed by atoms with Crippen molar-refractivity contribution in [2.24, 2.45) is 5.92 Å². The second-order valence-corrected chi connectivity index (χ2v) is 7.02. The first kappa shape index (κ1) is 16.4. The van der Waals surface area contributed by atoms with Crippen molar-refractivity contribution in [2.75, 3.05) is 5.32 Å². The third kappa shape index (κ3) is 5.47. The summed E-state index contributed by atoms with van der Waals surface area (Å²) in [5.41, 5.74) is 1.90. The molecule has 106 valence electrons. The van der Waals surface area contributed by atoms with Gasteiger partial charge in [-0.1, -0.05) is 66.3 Å². The monoisotopic (exact) mass is 322 g/mol. The van der Waals surface area contributed by atoms with Gasteiger partial charge in [-0.3, -0.25) is 4.79 Å². The third-order valence-electron chi connectivity index (χ3n) is 2.50. The highest BCUT2D eigenvalue weighted by atomic mass is 35.6. The van der Waals surface area contributed by atoms with Crippen LogP contribution in [0.15, 0.2) is 24.3 Å². The number of carbonyl (C=O) groups excluding carboxylic acids is 1. The molecular weight excluding hydrogens is 307 g/mol. The van der Waals surface area contributed by atoms with E-state index in [0.717, 1.165) is 11.3 Å². The van der Waals surface area contributed by atoms with Crippen molar-refractivity contribution in [3.05, 3.63) is 29.8 Å². The zero-order valence-corrected chi connectivity index (χ0v) is 13.3. The number of nitrogens with one attached hydrogen (secondary N) is 2. The molecule has 1 rings (SSSR count). The molecule has 0 bridgehead atoms. The molecule has 0 saturated heterocycles. The molecule has 2 N–H and O–H groups in total. The van der Waals surface area contributed by atoms with Crippen molar-refractivity contribution in [3.8, 4) is 0 Å². The smallest absolute Gasteiger partial charge is 0.228 e. The van der Waals surface area contributed by atoms with E-state index in [1.54, 1.807) is 13.8 Å². The van der Waals surface area contributed by atoms with E-state index in [0.29, 0.717) is 0 Å². The van der Waals surface area contributed by atoms with Gasteiger partial charge >= 0.3 is 0 Å². The molecule has 0 saturated carbocycles. The van der Waals surface area contributed by atoms with Crippen molar-refractivity contribution >= 4 is 46.4 Å². The first-order chi connectivity index (χ1) is 8.70. The fourth-order valence-corrected chi connectivity index (χ4v) is 1.65. The number of benzene rings is 1. The summed E-state index contributed by atoms with van der Waals surface area (Å²) in [5, 5.41) is 5.68. The molecule has 1 atom stereocenters. The van der Waals surface area contributed by atoms with Crippen LogP contribution in [0.5, 0.6) is 0 Å².